The number of benzene rings is 1. The molecule has 0 aromatic heterocycles. The number of aliphatic hydroxyl groups is 3. The normalized spacial score (nSPS) is 30.7. The van der Waals surface area contributed by atoms with Gasteiger partial charge in [-0.05, 0) is 13.0 Å². The van der Waals surface area contributed by atoms with Crippen molar-refractivity contribution in [1.29, 1.82) is 0 Å². The number of aliphatic hydroxyl groups excluding tert-OH is 3. The van der Waals surface area contributed by atoms with Crippen LogP contribution in [0, 0.1) is 20.2 Å². The van der Waals surface area contributed by atoms with Crippen molar-refractivity contribution < 1.29 is 34.6 Å². The zero-order chi connectivity index (χ0) is 17.3. The molecule has 1 aromatic carbocycles. The largest absolute Gasteiger partial charge is 0.455 e. The maximum Gasteiger partial charge on any atom is 0.317 e. The van der Waals surface area contributed by atoms with Crippen LogP contribution in [-0.2, 0) is 4.74 Å². The molecule has 1 saturated heterocycles. The Kier molecular flexibility index (Phi) is 4.75. The van der Waals surface area contributed by atoms with E-state index in [4.69, 9.17) is 9.47 Å². The summed E-state index contributed by atoms with van der Waals surface area (Å²) in [6, 6.07) is 2.69. The van der Waals surface area contributed by atoms with E-state index >= 15 is 0 Å². The number of nitro benzene ring substituents is 2. The van der Waals surface area contributed by atoms with Crippen LogP contribution in [-0.4, -0.2) is 55.9 Å². The van der Waals surface area contributed by atoms with Gasteiger partial charge in [-0.25, -0.2) is 0 Å². The predicted molar refractivity (Wildman–Crippen MR) is 72.7 cm³/mol. The van der Waals surface area contributed by atoms with E-state index in [-0.39, 0.29) is 5.75 Å². The summed E-state index contributed by atoms with van der Waals surface area (Å²) in [4.78, 5) is 20.0. The molecule has 0 bridgehead atoms. The first kappa shape index (κ1) is 17.0. The van der Waals surface area contributed by atoms with Crippen molar-refractivity contribution in [3.8, 4) is 5.75 Å². The van der Waals surface area contributed by atoms with Gasteiger partial charge >= 0.3 is 5.69 Å². The van der Waals surface area contributed by atoms with E-state index in [0.717, 1.165) is 12.1 Å². The van der Waals surface area contributed by atoms with Crippen molar-refractivity contribution in [3.05, 3.63) is 38.4 Å². The molecule has 5 atom stereocenters. The summed E-state index contributed by atoms with van der Waals surface area (Å²) in [6.45, 7) is 1.42. The highest BCUT2D eigenvalue weighted by Gasteiger charge is 2.43. The number of hydrogen-bond donors (Lipinski definition) is 3. The first-order valence-corrected chi connectivity index (χ1v) is 6.51. The first-order chi connectivity index (χ1) is 10.7. The van der Waals surface area contributed by atoms with Gasteiger partial charge in [0.2, 0.25) is 12.0 Å². The minimum absolute atomic E-state index is 0.375. The van der Waals surface area contributed by atoms with Crippen LogP contribution in [0.4, 0.5) is 11.4 Å². The molecule has 1 fully saturated rings. The number of nitro groups is 2. The summed E-state index contributed by atoms with van der Waals surface area (Å²) < 4.78 is 10.3. The fourth-order valence-electron chi connectivity index (χ4n) is 2.10. The smallest absolute Gasteiger partial charge is 0.317 e. The average molecular weight is 330 g/mol. The lowest BCUT2D eigenvalue weighted by Gasteiger charge is -2.38. The summed E-state index contributed by atoms with van der Waals surface area (Å²) in [7, 11) is 0. The molecule has 0 amide bonds. The molecule has 1 aliphatic heterocycles. The summed E-state index contributed by atoms with van der Waals surface area (Å²) in [5, 5.41) is 50.7. The van der Waals surface area contributed by atoms with Gasteiger partial charge < -0.3 is 24.8 Å². The van der Waals surface area contributed by atoms with Crippen molar-refractivity contribution in [2.24, 2.45) is 0 Å². The lowest BCUT2D eigenvalue weighted by molar-refractivity contribution is -0.395. The minimum atomic E-state index is -1.66. The lowest BCUT2D eigenvalue weighted by atomic mass is 10.00. The van der Waals surface area contributed by atoms with Gasteiger partial charge in [0.25, 0.3) is 5.69 Å². The Morgan fingerprint density at radius 2 is 1.74 bits per heavy atom. The Balaban J connectivity index is 2.29. The van der Waals surface area contributed by atoms with E-state index in [9.17, 15) is 35.5 Å². The molecular weight excluding hydrogens is 316 g/mol. The van der Waals surface area contributed by atoms with Crippen LogP contribution in [0.5, 0.6) is 5.75 Å². The number of ether oxygens (including phenoxy) is 2. The summed E-state index contributed by atoms with van der Waals surface area (Å²) in [6.07, 6.45) is -6.95. The van der Waals surface area contributed by atoms with Gasteiger partial charge in [-0.2, -0.15) is 0 Å². The molecule has 0 aliphatic carbocycles. The molecule has 3 N–H and O–H groups in total. The molecule has 11 nitrogen and oxygen atoms in total. The Morgan fingerprint density at radius 1 is 1.09 bits per heavy atom. The van der Waals surface area contributed by atoms with E-state index in [0.29, 0.717) is 6.07 Å². The van der Waals surface area contributed by atoms with Crippen LogP contribution in [0.3, 0.4) is 0 Å². The predicted octanol–water partition coefficient (Wildman–Crippen LogP) is -0.291. The summed E-state index contributed by atoms with van der Waals surface area (Å²) >= 11 is 0. The van der Waals surface area contributed by atoms with Gasteiger partial charge in [0.1, 0.15) is 18.3 Å². The minimum Gasteiger partial charge on any atom is -0.455 e. The number of hydrogen-bond acceptors (Lipinski definition) is 9. The monoisotopic (exact) mass is 330 g/mol. The third kappa shape index (κ3) is 3.37. The Bertz CT molecular complexity index is 623. The third-order valence-corrected chi connectivity index (χ3v) is 3.40. The molecule has 2 rings (SSSR count). The molecule has 126 valence electrons. The molecular formula is C12H14N2O9. The van der Waals surface area contributed by atoms with E-state index in [1.165, 1.54) is 6.92 Å². The van der Waals surface area contributed by atoms with Crippen molar-refractivity contribution in [1.82, 2.24) is 0 Å². The zero-order valence-electron chi connectivity index (χ0n) is 11.8. The maximum atomic E-state index is 11.0. The van der Waals surface area contributed by atoms with Crippen LogP contribution in [0.15, 0.2) is 18.2 Å². The topological polar surface area (TPSA) is 165 Å². The van der Waals surface area contributed by atoms with Gasteiger partial charge in [0.05, 0.1) is 22.0 Å². The summed E-state index contributed by atoms with van der Waals surface area (Å²) in [5.74, 6) is -0.375. The molecule has 1 heterocycles. The molecule has 1 aliphatic rings. The molecule has 1 aromatic rings. The Hall–Kier alpha value is -2.34. The third-order valence-electron chi connectivity index (χ3n) is 3.40. The van der Waals surface area contributed by atoms with Crippen molar-refractivity contribution in [2.45, 2.75) is 37.6 Å². The molecule has 23 heavy (non-hydrogen) atoms. The van der Waals surface area contributed by atoms with E-state index in [1.54, 1.807) is 0 Å². The number of non-ortho nitro benzene ring substituents is 1. The van der Waals surface area contributed by atoms with Crippen LogP contribution in [0.1, 0.15) is 6.92 Å². The van der Waals surface area contributed by atoms with Crippen LogP contribution in [0.25, 0.3) is 0 Å². The van der Waals surface area contributed by atoms with Crippen molar-refractivity contribution in [3.63, 3.8) is 0 Å². The number of rotatable bonds is 4. The maximum absolute atomic E-state index is 11.0. The highest BCUT2D eigenvalue weighted by atomic mass is 16.7. The Labute approximate surface area is 129 Å². The second kappa shape index (κ2) is 6.42. The lowest BCUT2D eigenvalue weighted by Crippen LogP contribution is -2.58. The van der Waals surface area contributed by atoms with Crippen LogP contribution in [0.2, 0.25) is 0 Å². The van der Waals surface area contributed by atoms with E-state index in [2.05, 4.69) is 0 Å². The number of nitrogens with zero attached hydrogens (tertiary/aromatic N) is 2. The molecule has 11 heteroatoms. The first-order valence-electron chi connectivity index (χ1n) is 6.51. The second-order valence-electron chi connectivity index (χ2n) is 4.97. The van der Waals surface area contributed by atoms with E-state index < -0.39 is 51.9 Å². The fourth-order valence-corrected chi connectivity index (χ4v) is 2.10. The SMILES string of the molecule is C[C@H]1O[C@@H](Oc2ccc([N+](=O)[O-])cc2[N+](=O)[O-])[C@H](O)[C@@H](O)[C@@H]1O. The molecule has 0 spiro atoms. The van der Waals surface area contributed by atoms with Gasteiger partial charge in [-0.3, -0.25) is 20.2 Å². The molecule has 0 saturated carbocycles. The second-order valence-corrected chi connectivity index (χ2v) is 4.97. The van der Waals surface area contributed by atoms with Crippen LogP contribution >= 0.6 is 0 Å². The molecule has 0 radical (unpaired) electrons. The van der Waals surface area contributed by atoms with Gasteiger partial charge in [-0.1, -0.05) is 0 Å². The zero-order valence-corrected chi connectivity index (χ0v) is 11.8. The van der Waals surface area contributed by atoms with Gasteiger partial charge in [0.15, 0.2) is 0 Å². The van der Waals surface area contributed by atoms with Gasteiger partial charge in [-0.15, -0.1) is 0 Å². The van der Waals surface area contributed by atoms with Crippen molar-refractivity contribution in [2.75, 3.05) is 0 Å². The standard InChI is InChI=1S/C12H14N2O9/c1-5-9(15)10(16)11(17)12(22-5)23-8-3-2-6(13(18)19)4-7(8)14(20)21/h2-5,9-12,15-17H,1H3/t5-,9-,10+,11-,12+/m1/s1. The van der Waals surface area contributed by atoms with Gasteiger partial charge in [0, 0.05) is 6.07 Å². The fraction of sp³-hybridized carbons (Fsp3) is 0.500. The average Bonchev–Trinajstić information content (AvgIpc) is 2.50. The summed E-state index contributed by atoms with van der Waals surface area (Å²) in [5.41, 5.74) is -1.19. The van der Waals surface area contributed by atoms with E-state index in [1.807, 2.05) is 0 Å². The quantitative estimate of drug-likeness (QED) is 0.496. The van der Waals surface area contributed by atoms with Crippen molar-refractivity contribution >= 4 is 11.4 Å². The highest BCUT2D eigenvalue weighted by molar-refractivity contribution is 5.53. The Morgan fingerprint density at radius 3 is 2.30 bits per heavy atom. The molecule has 0 unspecified atom stereocenters. The highest BCUT2D eigenvalue weighted by Crippen LogP contribution is 2.33. The van der Waals surface area contributed by atoms with Crippen LogP contribution < -0.4 is 4.74 Å².